The van der Waals surface area contributed by atoms with Gasteiger partial charge in [0, 0.05) is 36.3 Å². The number of nitrogens with zero attached hydrogens (tertiary/aromatic N) is 4. The molecule has 0 saturated heterocycles. The molecular formula is C22H30N8O5. The summed E-state index contributed by atoms with van der Waals surface area (Å²) in [5.41, 5.74) is 14.0. The van der Waals surface area contributed by atoms with Gasteiger partial charge in [-0.05, 0) is 36.4 Å². The van der Waals surface area contributed by atoms with E-state index in [2.05, 4.69) is 25.6 Å². The summed E-state index contributed by atoms with van der Waals surface area (Å²) in [7, 11) is 1.56. The van der Waals surface area contributed by atoms with Gasteiger partial charge < -0.3 is 52.5 Å². The highest BCUT2D eigenvalue weighted by molar-refractivity contribution is 5.63. The summed E-state index contributed by atoms with van der Waals surface area (Å²) >= 11 is 0. The highest BCUT2D eigenvalue weighted by Gasteiger charge is 2.31. The standard InChI is InChI=1S/C22H30N8O5/c1-30(10-16(32)18(34)19(35)17(33)11-31)22-28-20(25-14-6-2-4-12(23)8-14)27-21(29-22)26-15-7-3-5-13(24)9-15/h2-9,16-19,31-35H,10-11,23-24H2,1H3,(H2,25,26,27,28,29)/t16-,17+,18+,19+/m0/s1. The van der Waals surface area contributed by atoms with Crippen molar-refractivity contribution in [3.8, 4) is 0 Å². The van der Waals surface area contributed by atoms with Gasteiger partial charge in [-0.1, -0.05) is 12.1 Å². The zero-order chi connectivity index (χ0) is 25.5. The topological polar surface area (TPSA) is 219 Å². The molecular weight excluding hydrogens is 456 g/mol. The van der Waals surface area contributed by atoms with E-state index < -0.39 is 31.0 Å². The maximum absolute atomic E-state index is 10.4. The molecule has 0 radical (unpaired) electrons. The predicted octanol–water partition coefficient (Wildman–Crippen LogP) is -0.605. The zero-order valence-electron chi connectivity index (χ0n) is 19.0. The zero-order valence-corrected chi connectivity index (χ0v) is 19.0. The first-order chi connectivity index (χ1) is 16.7. The van der Waals surface area contributed by atoms with Crippen LogP contribution < -0.4 is 27.0 Å². The van der Waals surface area contributed by atoms with Crippen LogP contribution in [0.25, 0.3) is 0 Å². The van der Waals surface area contributed by atoms with E-state index in [1.165, 1.54) is 4.90 Å². The van der Waals surface area contributed by atoms with Gasteiger partial charge >= 0.3 is 0 Å². The minimum Gasteiger partial charge on any atom is -0.399 e. The fourth-order valence-corrected chi connectivity index (χ4v) is 3.17. The second kappa shape index (κ2) is 11.6. The molecule has 0 amide bonds. The lowest BCUT2D eigenvalue weighted by molar-refractivity contribution is -0.112. The Kier molecular flexibility index (Phi) is 8.57. The summed E-state index contributed by atoms with van der Waals surface area (Å²) in [6.45, 7) is -0.984. The highest BCUT2D eigenvalue weighted by Crippen LogP contribution is 2.22. The number of aliphatic hydroxyl groups is 5. The molecule has 4 atom stereocenters. The summed E-state index contributed by atoms with van der Waals surface area (Å²) in [5, 5.41) is 55.0. The van der Waals surface area contributed by atoms with Crippen LogP contribution >= 0.6 is 0 Å². The Morgan fingerprint density at radius 2 is 1.29 bits per heavy atom. The van der Waals surface area contributed by atoms with Gasteiger partial charge in [-0.3, -0.25) is 0 Å². The van der Waals surface area contributed by atoms with E-state index >= 15 is 0 Å². The highest BCUT2D eigenvalue weighted by atomic mass is 16.4. The van der Waals surface area contributed by atoms with Crippen molar-refractivity contribution in [1.29, 1.82) is 0 Å². The Balaban J connectivity index is 1.86. The third-order valence-corrected chi connectivity index (χ3v) is 5.04. The summed E-state index contributed by atoms with van der Waals surface area (Å²) in [5.74, 6) is 0.468. The Hall–Kier alpha value is -3.75. The molecule has 3 rings (SSSR count). The molecule has 0 unspecified atom stereocenters. The average molecular weight is 487 g/mol. The molecule has 0 saturated carbocycles. The number of benzene rings is 2. The predicted molar refractivity (Wildman–Crippen MR) is 132 cm³/mol. The number of anilines is 7. The van der Waals surface area contributed by atoms with Crippen LogP contribution in [0.15, 0.2) is 48.5 Å². The molecule has 0 aliphatic heterocycles. The normalized spacial score (nSPS) is 14.6. The van der Waals surface area contributed by atoms with Gasteiger partial charge in [0.05, 0.1) is 6.61 Å². The molecule has 0 fully saturated rings. The largest absolute Gasteiger partial charge is 0.399 e. The van der Waals surface area contributed by atoms with Gasteiger partial charge in [-0.15, -0.1) is 0 Å². The third kappa shape index (κ3) is 7.11. The van der Waals surface area contributed by atoms with Gasteiger partial charge in [-0.25, -0.2) is 0 Å². The molecule has 0 bridgehead atoms. The Bertz CT molecular complexity index is 1050. The Labute approximate surface area is 201 Å². The molecule has 188 valence electrons. The maximum Gasteiger partial charge on any atom is 0.233 e. The van der Waals surface area contributed by atoms with Crippen LogP contribution in [0.1, 0.15) is 0 Å². The molecule has 35 heavy (non-hydrogen) atoms. The molecule has 13 heteroatoms. The molecule has 1 aromatic heterocycles. The van der Waals surface area contributed by atoms with E-state index in [1.807, 2.05) is 0 Å². The van der Waals surface area contributed by atoms with E-state index in [1.54, 1.807) is 55.6 Å². The fourth-order valence-electron chi connectivity index (χ4n) is 3.17. The number of nitrogens with one attached hydrogen (secondary N) is 2. The average Bonchev–Trinajstić information content (AvgIpc) is 2.82. The number of aliphatic hydroxyl groups excluding tert-OH is 5. The van der Waals surface area contributed by atoms with Gasteiger partial charge in [0.1, 0.15) is 24.4 Å². The van der Waals surface area contributed by atoms with Crippen molar-refractivity contribution < 1.29 is 25.5 Å². The van der Waals surface area contributed by atoms with Crippen LogP contribution in [0, 0.1) is 0 Å². The third-order valence-electron chi connectivity index (χ3n) is 5.04. The Morgan fingerprint density at radius 1 is 0.800 bits per heavy atom. The first-order valence-corrected chi connectivity index (χ1v) is 10.7. The molecule has 13 nitrogen and oxygen atoms in total. The number of aromatic nitrogens is 3. The minimum atomic E-state index is -1.75. The number of hydrogen-bond acceptors (Lipinski definition) is 13. The van der Waals surface area contributed by atoms with Crippen molar-refractivity contribution in [3.05, 3.63) is 48.5 Å². The van der Waals surface area contributed by atoms with Crippen molar-refractivity contribution in [2.45, 2.75) is 24.4 Å². The van der Waals surface area contributed by atoms with E-state index in [0.717, 1.165) is 0 Å². The Morgan fingerprint density at radius 3 is 1.74 bits per heavy atom. The molecule has 3 aromatic rings. The second-order valence-corrected chi connectivity index (χ2v) is 7.96. The van der Waals surface area contributed by atoms with Crippen molar-refractivity contribution in [2.24, 2.45) is 0 Å². The monoisotopic (exact) mass is 486 g/mol. The molecule has 0 aliphatic carbocycles. The molecule has 0 aliphatic rings. The van der Waals surface area contributed by atoms with E-state index in [4.69, 9.17) is 16.6 Å². The first kappa shape index (κ1) is 25.9. The molecule has 2 aromatic carbocycles. The van der Waals surface area contributed by atoms with Gasteiger partial charge in [-0.2, -0.15) is 15.0 Å². The summed E-state index contributed by atoms with van der Waals surface area (Å²) in [6, 6.07) is 14.0. The lowest BCUT2D eigenvalue weighted by atomic mass is 10.0. The van der Waals surface area contributed by atoms with E-state index in [9.17, 15) is 20.4 Å². The van der Waals surface area contributed by atoms with Crippen molar-refractivity contribution in [2.75, 3.05) is 47.2 Å². The van der Waals surface area contributed by atoms with Crippen LogP contribution in [-0.2, 0) is 0 Å². The van der Waals surface area contributed by atoms with Crippen LogP contribution in [0.2, 0.25) is 0 Å². The molecule has 0 spiro atoms. The van der Waals surface area contributed by atoms with Crippen LogP contribution in [0.3, 0.4) is 0 Å². The quantitative estimate of drug-likeness (QED) is 0.155. The lowest BCUT2D eigenvalue weighted by Gasteiger charge is -2.28. The SMILES string of the molecule is CN(C[C@H](O)[C@@H](O)[C@H](O)[C@H](O)CO)c1nc(Nc2cccc(N)c2)nc(Nc2cccc(N)c2)n1. The van der Waals surface area contributed by atoms with Gasteiger partial charge in [0.15, 0.2) is 0 Å². The lowest BCUT2D eigenvalue weighted by Crippen LogP contribution is -2.49. The molecule has 1 heterocycles. The fraction of sp³-hybridized carbons (Fsp3) is 0.318. The number of nitrogen functional groups attached to an aromatic ring is 2. The van der Waals surface area contributed by atoms with Crippen molar-refractivity contribution in [3.63, 3.8) is 0 Å². The first-order valence-electron chi connectivity index (χ1n) is 10.7. The second-order valence-electron chi connectivity index (χ2n) is 7.96. The number of likely N-dealkylation sites (N-methyl/N-ethyl adjacent to an activating group) is 1. The van der Waals surface area contributed by atoms with E-state index in [0.29, 0.717) is 22.7 Å². The number of rotatable bonds is 11. The van der Waals surface area contributed by atoms with E-state index in [-0.39, 0.29) is 24.4 Å². The summed E-state index contributed by atoms with van der Waals surface area (Å²) < 4.78 is 0. The van der Waals surface area contributed by atoms with Crippen LogP contribution in [0.4, 0.5) is 40.6 Å². The summed E-state index contributed by atoms with van der Waals surface area (Å²) in [6.07, 6.45) is -6.58. The number of nitrogens with two attached hydrogens (primary N) is 2. The minimum absolute atomic E-state index is 0.126. The van der Waals surface area contributed by atoms with Crippen LogP contribution in [0.5, 0.6) is 0 Å². The van der Waals surface area contributed by atoms with Gasteiger partial charge in [0.25, 0.3) is 0 Å². The number of hydrogen-bond donors (Lipinski definition) is 9. The van der Waals surface area contributed by atoms with Gasteiger partial charge in [0.2, 0.25) is 17.8 Å². The smallest absolute Gasteiger partial charge is 0.233 e. The van der Waals surface area contributed by atoms with Crippen molar-refractivity contribution >= 4 is 40.6 Å². The summed E-state index contributed by atoms with van der Waals surface area (Å²) in [4.78, 5) is 14.5. The van der Waals surface area contributed by atoms with Crippen molar-refractivity contribution in [1.82, 2.24) is 15.0 Å². The van der Waals surface area contributed by atoms with Crippen LogP contribution in [-0.4, -0.2) is 85.1 Å². The maximum atomic E-state index is 10.4. The molecule has 11 N–H and O–H groups in total.